The van der Waals surface area contributed by atoms with Gasteiger partial charge in [0.05, 0.1) is 11.9 Å². The number of aliphatic hydroxyl groups is 1. The summed E-state index contributed by atoms with van der Waals surface area (Å²) in [6, 6.07) is 0. The van der Waals surface area contributed by atoms with Gasteiger partial charge in [0.1, 0.15) is 4.47 Å². The largest absolute Gasteiger partial charge is 0.396 e. The predicted molar refractivity (Wildman–Crippen MR) is 71.2 cm³/mol. The van der Waals surface area contributed by atoms with E-state index in [1.54, 1.807) is 13.2 Å². The molecule has 0 aliphatic rings. The van der Waals surface area contributed by atoms with Gasteiger partial charge in [-0.2, -0.15) is 5.10 Å². The first-order valence-corrected chi connectivity index (χ1v) is 6.33. The lowest BCUT2D eigenvalue weighted by Crippen LogP contribution is -2.36. The minimum absolute atomic E-state index is 0.104. The SMILES string of the molecule is CCC(C)(CCO)Nc1cnn(C)c(=O)c1Br. The fourth-order valence-corrected chi connectivity index (χ4v) is 1.96. The van der Waals surface area contributed by atoms with Crippen LogP contribution < -0.4 is 10.9 Å². The van der Waals surface area contributed by atoms with Crippen molar-refractivity contribution in [1.82, 2.24) is 9.78 Å². The highest BCUT2D eigenvalue weighted by Crippen LogP contribution is 2.24. The Morgan fingerprint density at radius 2 is 2.29 bits per heavy atom. The first-order chi connectivity index (χ1) is 7.93. The van der Waals surface area contributed by atoms with Crippen LogP contribution in [0.15, 0.2) is 15.5 Å². The standard InChI is InChI=1S/C11H18BrN3O2/c1-4-11(2,5-6-16)14-8-7-13-15(3)10(17)9(8)12/h7,14,16H,4-6H2,1-3H3. The molecule has 0 saturated carbocycles. The van der Waals surface area contributed by atoms with E-state index >= 15 is 0 Å². The number of hydrogen-bond donors (Lipinski definition) is 2. The summed E-state index contributed by atoms with van der Waals surface area (Å²) in [7, 11) is 1.60. The van der Waals surface area contributed by atoms with Gasteiger partial charge >= 0.3 is 0 Å². The van der Waals surface area contributed by atoms with Crippen molar-refractivity contribution in [1.29, 1.82) is 0 Å². The Morgan fingerprint density at radius 1 is 1.65 bits per heavy atom. The summed E-state index contributed by atoms with van der Waals surface area (Å²) in [5, 5.41) is 16.3. The maximum Gasteiger partial charge on any atom is 0.282 e. The monoisotopic (exact) mass is 303 g/mol. The maximum atomic E-state index is 11.7. The highest BCUT2D eigenvalue weighted by molar-refractivity contribution is 9.10. The normalized spacial score (nSPS) is 14.4. The van der Waals surface area contributed by atoms with Crippen LogP contribution in [0.25, 0.3) is 0 Å². The molecule has 0 radical (unpaired) electrons. The number of aryl methyl sites for hydroxylation is 1. The number of rotatable bonds is 5. The van der Waals surface area contributed by atoms with Crippen molar-refractivity contribution in [3.8, 4) is 0 Å². The third-order valence-electron chi connectivity index (χ3n) is 2.96. The molecule has 17 heavy (non-hydrogen) atoms. The summed E-state index contributed by atoms with van der Waals surface area (Å²) in [6.45, 7) is 4.14. The first-order valence-electron chi connectivity index (χ1n) is 5.54. The van der Waals surface area contributed by atoms with Gasteiger partial charge < -0.3 is 10.4 Å². The summed E-state index contributed by atoms with van der Waals surface area (Å²) >= 11 is 3.27. The van der Waals surface area contributed by atoms with E-state index in [1.807, 2.05) is 13.8 Å². The van der Waals surface area contributed by atoms with Crippen molar-refractivity contribution in [2.75, 3.05) is 11.9 Å². The molecule has 0 fully saturated rings. The number of nitrogens with one attached hydrogen (secondary N) is 1. The highest BCUT2D eigenvalue weighted by Gasteiger charge is 2.22. The summed E-state index contributed by atoms with van der Waals surface area (Å²) in [6.07, 6.45) is 3.07. The molecule has 1 atom stereocenters. The van der Waals surface area contributed by atoms with Crippen molar-refractivity contribution >= 4 is 21.6 Å². The molecule has 1 rings (SSSR count). The molecule has 1 aromatic heterocycles. The highest BCUT2D eigenvalue weighted by atomic mass is 79.9. The molecule has 1 unspecified atom stereocenters. The zero-order chi connectivity index (χ0) is 13.1. The topological polar surface area (TPSA) is 67.2 Å². The zero-order valence-corrected chi connectivity index (χ0v) is 11.9. The third-order valence-corrected chi connectivity index (χ3v) is 3.72. The Labute approximate surface area is 109 Å². The number of hydrogen-bond acceptors (Lipinski definition) is 4. The van der Waals surface area contributed by atoms with Crippen LogP contribution >= 0.6 is 15.9 Å². The van der Waals surface area contributed by atoms with Crippen LogP contribution in [-0.4, -0.2) is 27.0 Å². The molecule has 6 heteroatoms. The van der Waals surface area contributed by atoms with Crippen LogP contribution in [0.2, 0.25) is 0 Å². The lowest BCUT2D eigenvalue weighted by atomic mass is 9.95. The molecule has 1 aromatic rings. The molecular formula is C11H18BrN3O2. The average Bonchev–Trinajstić information content (AvgIpc) is 2.30. The van der Waals surface area contributed by atoms with Gasteiger partial charge in [-0.1, -0.05) is 6.92 Å². The zero-order valence-electron chi connectivity index (χ0n) is 10.3. The summed E-state index contributed by atoms with van der Waals surface area (Å²) in [5.41, 5.74) is 0.231. The van der Waals surface area contributed by atoms with E-state index < -0.39 is 0 Å². The molecule has 0 amide bonds. The van der Waals surface area contributed by atoms with E-state index in [1.165, 1.54) is 4.68 Å². The third kappa shape index (κ3) is 3.29. The molecule has 5 nitrogen and oxygen atoms in total. The second kappa shape index (κ2) is 5.64. The van der Waals surface area contributed by atoms with Gasteiger partial charge in [-0.15, -0.1) is 0 Å². The van der Waals surface area contributed by atoms with Crippen molar-refractivity contribution in [3.63, 3.8) is 0 Å². The van der Waals surface area contributed by atoms with Crippen LogP contribution in [-0.2, 0) is 7.05 Å². The molecule has 0 aromatic carbocycles. The minimum atomic E-state index is -0.245. The lowest BCUT2D eigenvalue weighted by molar-refractivity contribution is 0.252. The van der Waals surface area contributed by atoms with E-state index in [-0.39, 0.29) is 17.7 Å². The van der Waals surface area contributed by atoms with Crippen LogP contribution in [0.4, 0.5) is 5.69 Å². The van der Waals surface area contributed by atoms with Crippen LogP contribution in [0.5, 0.6) is 0 Å². The van der Waals surface area contributed by atoms with Gasteiger partial charge in [-0.3, -0.25) is 4.79 Å². The van der Waals surface area contributed by atoms with E-state index in [2.05, 4.69) is 26.3 Å². The quantitative estimate of drug-likeness (QED) is 0.865. The summed E-state index contributed by atoms with van der Waals surface area (Å²) in [4.78, 5) is 11.7. The van der Waals surface area contributed by atoms with Crippen molar-refractivity contribution in [2.45, 2.75) is 32.2 Å². The number of aromatic nitrogens is 2. The number of anilines is 1. The predicted octanol–water partition coefficient (Wildman–Crippen LogP) is 1.51. The molecule has 0 aliphatic heterocycles. The maximum absolute atomic E-state index is 11.7. The van der Waals surface area contributed by atoms with Gasteiger partial charge in [-0.05, 0) is 35.7 Å². The van der Waals surface area contributed by atoms with E-state index in [4.69, 9.17) is 5.11 Å². The second-order valence-electron chi connectivity index (χ2n) is 4.31. The molecule has 1 heterocycles. The van der Waals surface area contributed by atoms with E-state index in [0.29, 0.717) is 16.6 Å². The van der Waals surface area contributed by atoms with Crippen molar-refractivity contribution in [3.05, 3.63) is 21.0 Å². The van der Waals surface area contributed by atoms with Crippen LogP contribution in [0, 0.1) is 0 Å². The van der Waals surface area contributed by atoms with Crippen molar-refractivity contribution < 1.29 is 5.11 Å². The molecule has 0 saturated heterocycles. The Bertz CT molecular complexity index is 447. The molecule has 0 spiro atoms. The minimum Gasteiger partial charge on any atom is -0.396 e. The van der Waals surface area contributed by atoms with Gasteiger partial charge in [0.25, 0.3) is 5.56 Å². The van der Waals surface area contributed by atoms with E-state index in [0.717, 1.165) is 6.42 Å². The Hall–Kier alpha value is -0.880. The molecule has 0 bridgehead atoms. The number of halogens is 1. The fourth-order valence-electron chi connectivity index (χ4n) is 1.50. The number of nitrogens with zero attached hydrogens (tertiary/aromatic N) is 2. The smallest absolute Gasteiger partial charge is 0.282 e. The van der Waals surface area contributed by atoms with Gasteiger partial charge in [-0.25, -0.2) is 4.68 Å². The summed E-state index contributed by atoms with van der Waals surface area (Å²) < 4.78 is 1.73. The molecular weight excluding hydrogens is 286 g/mol. The van der Waals surface area contributed by atoms with E-state index in [9.17, 15) is 4.79 Å². The van der Waals surface area contributed by atoms with Crippen LogP contribution in [0.3, 0.4) is 0 Å². The molecule has 2 N–H and O–H groups in total. The fraction of sp³-hybridized carbons (Fsp3) is 0.636. The van der Waals surface area contributed by atoms with Crippen molar-refractivity contribution in [2.24, 2.45) is 7.05 Å². The van der Waals surface area contributed by atoms with Gasteiger partial charge in [0.2, 0.25) is 0 Å². The molecule has 96 valence electrons. The lowest BCUT2D eigenvalue weighted by Gasteiger charge is -2.30. The first kappa shape index (κ1) is 14.2. The Balaban J connectivity index is 3.03. The Kier molecular flexibility index (Phi) is 4.70. The Morgan fingerprint density at radius 3 is 2.82 bits per heavy atom. The summed E-state index contributed by atoms with van der Waals surface area (Å²) in [5.74, 6) is 0. The second-order valence-corrected chi connectivity index (χ2v) is 5.11. The van der Waals surface area contributed by atoms with Gasteiger partial charge in [0, 0.05) is 19.2 Å². The van der Waals surface area contributed by atoms with Crippen LogP contribution in [0.1, 0.15) is 26.7 Å². The molecule has 0 aliphatic carbocycles. The van der Waals surface area contributed by atoms with Gasteiger partial charge in [0.15, 0.2) is 0 Å². The number of aliphatic hydroxyl groups excluding tert-OH is 1. The average molecular weight is 304 g/mol.